The Morgan fingerprint density at radius 1 is 1.20 bits per heavy atom. The van der Waals surface area contributed by atoms with Gasteiger partial charge in [0.05, 0.1) is 10.6 Å². The maximum Gasteiger partial charge on any atom is 0.131 e. The molecular formula is C16H17N3S. The molecule has 0 fully saturated rings. The Bertz CT molecular complexity index is 726. The third-order valence-corrected chi connectivity index (χ3v) is 4.48. The van der Waals surface area contributed by atoms with E-state index in [1.165, 1.54) is 10.4 Å². The number of hydrogen-bond donors (Lipinski definition) is 1. The second-order valence-electron chi connectivity index (χ2n) is 4.75. The van der Waals surface area contributed by atoms with Crippen molar-refractivity contribution in [3.05, 3.63) is 52.9 Å². The van der Waals surface area contributed by atoms with E-state index in [1.807, 2.05) is 35.0 Å². The maximum absolute atomic E-state index is 6.31. The van der Waals surface area contributed by atoms with Crippen molar-refractivity contribution in [2.75, 3.05) is 5.73 Å². The highest BCUT2D eigenvalue weighted by molar-refractivity contribution is 7.13. The van der Waals surface area contributed by atoms with Crippen molar-refractivity contribution in [1.29, 1.82) is 0 Å². The summed E-state index contributed by atoms with van der Waals surface area (Å²) < 4.78 is 1.84. The Morgan fingerprint density at radius 2 is 1.95 bits per heavy atom. The zero-order chi connectivity index (χ0) is 14.1. The van der Waals surface area contributed by atoms with Crippen LogP contribution in [-0.2, 0) is 6.42 Å². The SMILES string of the molecule is CCc1c(-c2sccc2C)nn(-c2ccccc2)c1N. The molecule has 0 spiro atoms. The van der Waals surface area contributed by atoms with Gasteiger partial charge in [-0.2, -0.15) is 5.10 Å². The average Bonchev–Trinajstić information content (AvgIpc) is 3.03. The van der Waals surface area contributed by atoms with Crippen LogP contribution in [0.4, 0.5) is 5.82 Å². The first-order valence-electron chi connectivity index (χ1n) is 6.69. The molecule has 0 unspecified atom stereocenters. The van der Waals surface area contributed by atoms with Crippen molar-refractivity contribution >= 4 is 17.2 Å². The fourth-order valence-corrected chi connectivity index (χ4v) is 3.31. The van der Waals surface area contributed by atoms with Crippen molar-refractivity contribution < 1.29 is 0 Å². The maximum atomic E-state index is 6.31. The van der Waals surface area contributed by atoms with Gasteiger partial charge in [0.1, 0.15) is 11.5 Å². The molecule has 3 nitrogen and oxygen atoms in total. The quantitative estimate of drug-likeness (QED) is 0.788. The smallest absolute Gasteiger partial charge is 0.131 e. The molecule has 0 saturated carbocycles. The summed E-state index contributed by atoms with van der Waals surface area (Å²) in [5.74, 6) is 0.738. The summed E-state index contributed by atoms with van der Waals surface area (Å²) in [5.41, 5.74) is 10.7. The van der Waals surface area contributed by atoms with E-state index in [-0.39, 0.29) is 0 Å². The number of hydrogen-bond acceptors (Lipinski definition) is 3. The average molecular weight is 283 g/mol. The van der Waals surface area contributed by atoms with Crippen LogP contribution in [0.25, 0.3) is 16.3 Å². The van der Waals surface area contributed by atoms with Crippen LogP contribution in [0.3, 0.4) is 0 Å². The molecule has 3 rings (SSSR count). The van der Waals surface area contributed by atoms with E-state index in [4.69, 9.17) is 10.8 Å². The van der Waals surface area contributed by atoms with E-state index in [2.05, 4.69) is 25.3 Å². The van der Waals surface area contributed by atoms with Crippen LogP contribution in [0.2, 0.25) is 0 Å². The number of aromatic nitrogens is 2. The molecule has 0 aliphatic rings. The van der Waals surface area contributed by atoms with Crippen LogP contribution in [0.15, 0.2) is 41.8 Å². The summed E-state index contributed by atoms with van der Waals surface area (Å²) in [6, 6.07) is 12.2. The van der Waals surface area contributed by atoms with Crippen LogP contribution in [-0.4, -0.2) is 9.78 Å². The summed E-state index contributed by atoms with van der Waals surface area (Å²) in [6.07, 6.45) is 0.880. The Labute approximate surface area is 122 Å². The van der Waals surface area contributed by atoms with Gasteiger partial charge in [-0.3, -0.25) is 0 Å². The summed E-state index contributed by atoms with van der Waals surface area (Å²) in [6.45, 7) is 4.23. The topological polar surface area (TPSA) is 43.8 Å². The molecule has 2 heterocycles. The van der Waals surface area contributed by atoms with Gasteiger partial charge >= 0.3 is 0 Å². The fourth-order valence-electron chi connectivity index (χ4n) is 2.38. The van der Waals surface area contributed by atoms with Crippen LogP contribution in [0.1, 0.15) is 18.1 Å². The molecule has 0 radical (unpaired) electrons. The highest BCUT2D eigenvalue weighted by Crippen LogP contribution is 2.34. The number of thiophene rings is 1. The van der Waals surface area contributed by atoms with E-state index in [0.717, 1.165) is 29.2 Å². The van der Waals surface area contributed by atoms with Gasteiger partial charge in [-0.25, -0.2) is 4.68 Å². The molecule has 1 aromatic carbocycles. The lowest BCUT2D eigenvalue weighted by Gasteiger charge is -2.03. The number of nitrogen functional groups attached to an aromatic ring is 1. The minimum atomic E-state index is 0.738. The number of nitrogens with zero attached hydrogens (tertiary/aromatic N) is 2. The normalized spacial score (nSPS) is 10.9. The lowest BCUT2D eigenvalue weighted by Crippen LogP contribution is -2.02. The van der Waals surface area contributed by atoms with E-state index in [9.17, 15) is 0 Å². The Hall–Kier alpha value is -2.07. The molecule has 0 amide bonds. The highest BCUT2D eigenvalue weighted by Gasteiger charge is 2.18. The number of rotatable bonds is 3. The Kier molecular flexibility index (Phi) is 3.32. The van der Waals surface area contributed by atoms with Crippen molar-refractivity contribution in [2.24, 2.45) is 0 Å². The summed E-state index contributed by atoms with van der Waals surface area (Å²) in [7, 11) is 0. The Balaban J connectivity index is 2.21. The fraction of sp³-hybridized carbons (Fsp3) is 0.188. The first kappa shape index (κ1) is 12.9. The molecule has 102 valence electrons. The second kappa shape index (κ2) is 5.13. The molecule has 20 heavy (non-hydrogen) atoms. The number of anilines is 1. The zero-order valence-corrected chi connectivity index (χ0v) is 12.4. The van der Waals surface area contributed by atoms with Gasteiger partial charge in [0.15, 0.2) is 0 Å². The van der Waals surface area contributed by atoms with Gasteiger partial charge in [0.2, 0.25) is 0 Å². The third kappa shape index (κ3) is 2.02. The highest BCUT2D eigenvalue weighted by atomic mass is 32.1. The van der Waals surface area contributed by atoms with Gasteiger partial charge in [0.25, 0.3) is 0 Å². The number of benzene rings is 1. The van der Waals surface area contributed by atoms with Gasteiger partial charge in [-0.15, -0.1) is 11.3 Å². The predicted octanol–water partition coefficient (Wildman–Crippen LogP) is 4.05. The minimum Gasteiger partial charge on any atom is -0.383 e. The van der Waals surface area contributed by atoms with Crippen LogP contribution in [0.5, 0.6) is 0 Å². The lowest BCUT2D eigenvalue weighted by atomic mass is 10.1. The van der Waals surface area contributed by atoms with E-state index in [0.29, 0.717) is 0 Å². The summed E-state index contributed by atoms with van der Waals surface area (Å²) in [4.78, 5) is 1.21. The van der Waals surface area contributed by atoms with E-state index < -0.39 is 0 Å². The largest absolute Gasteiger partial charge is 0.383 e. The molecule has 2 N–H and O–H groups in total. The van der Waals surface area contributed by atoms with Gasteiger partial charge in [-0.1, -0.05) is 25.1 Å². The molecule has 3 aromatic rings. The van der Waals surface area contributed by atoms with E-state index in [1.54, 1.807) is 11.3 Å². The van der Waals surface area contributed by atoms with Gasteiger partial charge < -0.3 is 5.73 Å². The molecule has 0 aliphatic carbocycles. The summed E-state index contributed by atoms with van der Waals surface area (Å²) >= 11 is 1.72. The molecule has 0 atom stereocenters. The monoisotopic (exact) mass is 283 g/mol. The molecule has 0 saturated heterocycles. The lowest BCUT2D eigenvalue weighted by molar-refractivity contribution is 0.895. The number of aryl methyl sites for hydroxylation is 1. The number of nitrogens with two attached hydrogens (primary N) is 1. The van der Waals surface area contributed by atoms with Gasteiger partial charge in [-0.05, 0) is 42.5 Å². The molecule has 0 bridgehead atoms. The molecular weight excluding hydrogens is 266 g/mol. The standard InChI is InChI=1S/C16H17N3S/c1-3-13-14(15-11(2)9-10-20-15)18-19(16(13)17)12-7-5-4-6-8-12/h4-10H,3,17H2,1-2H3. The van der Waals surface area contributed by atoms with E-state index >= 15 is 0 Å². The zero-order valence-electron chi connectivity index (χ0n) is 11.6. The third-order valence-electron chi connectivity index (χ3n) is 3.45. The molecule has 4 heteroatoms. The minimum absolute atomic E-state index is 0.738. The van der Waals surface area contributed by atoms with Crippen molar-refractivity contribution in [2.45, 2.75) is 20.3 Å². The number of para-hydroxylation sites is 1. The first-order chi connectivity index (χ1) is 9.72. The van der Waals surface area contributed by atoms with Crippen LogP contribution in [0, 0.1) is 6.92 Å². The van der Waals surface area contributed by atoms with Crippen LogP contribution < -0.4 is 5.73 Å². The van der Waals surface area contributed by atoms with Crippen molar-refractivity contribution in [1.82, 2.24) is 9.78 Å². The first-order valence-corrected chi connectivity index (χ1v) is 7.57. The Morgan fingerprint density at radius 3 is 2.55 bits per heavy atom. The van der Waals surface area contributed by atoms with Crippen molar-refractivity contribution in [3.63, 3.8) is 0 Å². The second-order valence-corrected chi connectivity index (χ2v) is 5.66. The summed E-state index contributed by atoms with van der Waals surface area (Å²) in [5, 5.41) is 6.86. The van der Waals surface area contributed by atoms with Crippen LogP contribution >= 0.6 is 11.3 Å². The molecule has 2 aromatic heterocycles. The predicted molar refractivity (Wildman–Crippen MR) is 85.4 cm³/mol. The van der Waals surface area contributed by atoms with Crippen molar-refractivity contribution in [3.8, 4) is 16.3 Å². The molecule has 0 aliphatic heterocycles. The van der Waals surface area contributed by atoms with Gasteiger partial charge in [0, 0.05) is 5.56 Å².